The summed E-state index contributed by atoms with van der Waals surface area (Å²) in [6.45, 7) is 7.98. The van der Waals surface area contributed by atoms with E-state index in [1.165, 1.54) is 20.8 Å². The molecule has 1 atom stereocenters. The van der Waals surface area contributed by atoms with Crippen molar-refractivity contribution in [2.75, 3.05) is 26.1 Å². The van der Waals surface area contributed by atoms with Crippen molar-refractivity contribution in [2.45, 2.75) is 45.3 Å². The Morgan fingerprint density at radius 1 is 1.03 bits per heavy atom. The van der Waals surface area contributed by atoms with Gasteiger partial charge >= 0.3 is 17.9 Å². The summed E-state index contributed by atoms with van der Waals surface area (Å²) in [5.74, 6) is -3.16. The van der Waals surface area contributed by atoms with E-state index in [0.29, 0.717) is 0 Å². The molecule has 0 aliphatic carbocycles. The van der Waals surface area contributed by atoms with Crippen molar-refractivity contribution in [3.8, 4) is 0 Å². The molecule has 0 heterocycles. The topological polar surface area (TPSA) is 151 Å². The van der Waals surface area contributed by atoms with Crippen LogP contribution in [0.3, 0.4) is 0 Å². The summed E-state index contributed by atoms with van der Waals surface area (Å²) in [5.41, 5.74) is -2.23. The van der Waals surface area contributed by atoms with E-state index >= 15 is 0 Å². The zero-order chi connectivity index (χ0) is 22.7. The summed E-state index contributed by atoms with van der Waals surface area (Å²) in [6, 6.07) is 0. The lowest BCUT2D eigenvalue weighted by atomic mass is 9.89. The molecule has 166 valence electrons. The Morgan fingerprint density at radius 3 is 1.90 bits per heavy atom. The van der Waals surface area contributed by atoms with Gasteiger partial charge in [-0.2, -0.15) is 8.42 Å². The number of nitrogens with one attached hydrogen (secondary N) is 1. The average Bonchev–Trinajstić information content (AvgIpc) is 2.60. The van der Waals surface area contributed by atoms with E-state index in [9.17, 15) is 27.6 Å². The molecule has 0 fully saturated rings. The lowest BCUT2D eigenvalue weighted by Crippen LogP contribution is -2.59. The summed E-state index contributed by atoms with van der Waals surface area (Å²) in [4.78, 5) is 48.0. The van der Waals surface area contributed by atoms with Gasteiger partial charge in [-0.1, -0.05) is 12.2 Å². The van der Waals surface area contributed by atoms with Crippen LogP contribution in [0.5, 0.6) is 0 Å². The van der Waals surface area contributed by atoms with Gasteiger partial charge in [-0.05, 0) is 20.8 Å². The van der Waals surface area contributed by atoms with Gasteiger partial charge in [0.15, 0.2) is 6.10 Å². The highest BCUT2D eigenvalue weighted by Gasteiger charge is 2.49. The Bertz CT molecular complexity index is 698. The molecule has 0 aromatic rings. The van der Waals surface area contributed by atoms with Gasteiger partial charge in [0.05, 0.1) is 26.1 Å². The average molecular weight is 437 g/mol. The van der Waals surface area contributed by atoms with E-state index in [0.717, 1.165) is 6.26 Å². The third kappa shape index (κ3) is 8.60. The zero-order valence-electron chi connectivity index (χ0n) is 16.9. The standard InChI is InChI=1S/C17H27NO10S/c1-6-25-14(20)13(28-29(5,23)24)9-12(4)10-17(18-11-19,15(21)26-7-2)16(22)27-8-3/h11,13H,4,6-10H2,1-3,5H3,(H,18,19). The van der Waals surface area contributed by atoms with Crippen LogP contribution in [0.25, 0.3) is 0 Å². The molecule has 0 aliphatic heterocycles. The van der Waals surface area contributed by atoms with Gasteiger partial charge in [0.25, 0.3) is 10.1 Å². The summed E-state index contributed by atoms with van der Waals surface area (Å²) >= 11 is 0. The minimum Gasteiger partial charge on any atom is -0.464 e. The first kappa shape index (κ1) is 26.5. The molecule has 0 saturated carbocycles. The Labute approximate surface area is 169 Å². The molecule has 29 heavy (non-hydrogen) atoms. The molecule has 12 heteroatoms. The van der Waals surface area contributed by atoms with Gasteiger partial charge in [-0.25, -0.2) is 14.4 Å². The van der Waals surface area contributed by atoms with Crippen LogP contribution in [0.2, 0.25) is 0 Å². The summed E-state index contributed by atoms with van der Waals surface area (Å²) < 4.78 is 42.1. The normalized spacial score (nSPS) is 12.4. The lowest BCUT2D eigenvalue weighted by Gasteiger charge is -2.29. The monoisotopic (exact) mass is 437 g/mol. The van der Waals surface area contributed by atoms with Crippen LogP contribution in [-0.4, -0.2) is 70.5 Å². The fraction of sp³-hybridized carbons (Fsp3) is 0.647. The highest BCUT2D eigenvalue weighted by molar-refractivity contribution is 7.86. The molecule has 0 bridgehead atoms. The van der Waals surface area contributed by atoms with Crippen molar-refractivity contribution < 1.29 is 46.0 Å². The van der Waals surface area contributed by atoms with Crippen LogP contribution in [0.1, 0.15) is 33.6 Å². The maximum atomic E-state index is 12.5. The Kier molecular flexibility index (Phi) is 11.1. The molecule has 1 unspecified atom stereocenters. The van der Waals surface area contributed by atoms with Crippen LogP contribution >= 0.6 is 0 Å². The van der Waals surface area contributed by atoms with Crippen molar-refractivity contribution in [1.82, 2.24) is 5.32 Å². The molecule has 0 aliphatic rings. The van der Waals surface area contributed by atoms with Crippen molar-refractivity contribution in [3.63, 3.8) is 0 Å². The van der Waals surface area contributed by atoms with Crippen molar-refractivity contribution in [3.05, 3.63) is 12.2 Å². The van der Waals surface area contributed by atoms with E-state index in [-0.39, 0.29) is 31.8 Å². The Morgan fingerprint density at radius 2 is 1.52 bits per heavy atom. The second kappa shape index (κ2) is 12.2. The van der Waals surface area contributed by atoms with Crippen molar-refractivity contribution >= 4 is 34.4 Å². The third-order valence-corrected chi connectivity index (χ3v) is 3.96. The molecule has 0 radical (unpaired) electrons. The molecule has 11 nitrogen and oxygen atoms in total. The molecule has 1 amide bonds. The number of amides is 1. The van der Waals surface area contributed by atoms with Crippen LogP contribution in [0, 0.1) is 0 Å². The number of hydrogen-bond donors (Lipinski definition) is 1. The fourth-order valence-electron chi connectivity index (χ4n) is 2.32. The predicted octanol–water partition coefficient (Wildman–Crippen LogP) is -0.158. The van der Waals surface area contributed by atoms with Gasteiger partial charge in [-0.3, -0.25) is 8.98 Å². The number of rotatable bonds is 14. The van der Waals surface area contributed by atoms with Crippen LogP contribution < -0.4 is 5.32 Å². The molecule has 0 aromatic carbocycles. The molecule has 1 N–H and O–H groups in total. The second-order valence-corrected chi connectivity index (χ2v) is 7.38. The largest absolute Gasteiger partial charge is 0.464 e. The third-order valence-electron chi connectivity index (χ3n) is 3.38. The van der Waals surface area contributed by atoms with Gasteiger partial charge in [0.1, 0.15) is 0 Å². The first-order chi connectivity index (χ1) is 13.5. The Balaban J connectivity index is 5.80. The number of hydrogen-bond acceptors (Lipinski definition) is 10. The van der Waals surface area contributed by atoms with Gasteiger partial charge in [0, 0.05) is 12.8 Å². The van der Waals surface area contributed by atoms with E-state index in [2.05, 4.69) is 11.9 Å². The molecule has 0 spiro atoms. The Hall–Kier alpha value is -2.47. The number of carbonyl (C=O) groups is 4. The first-order valence-electron chi connectivity index (χ1n) is 8.74. The van der Waals surface area contributed by atoms with Crippen molar-refractivity contribution in [2.24, 2.45) is 0 Å². The molecular formula is C17H27NO10S. The van der Waals surface area contributed by atoms with E-state index < -0.39 is 52.5 Å². The quantitative estimate of drug-likeness (QED) is 0.0969. The predicted molar refractivity (Wildman–Crippen MR) is 99.9 cm³/mol. The summed E-state index contributed by atoms with van der Waals surface area (Å²) in [6.07, 6.45) is -1.65. The van der Waals surface area contributed by atoms with Crippen LogP contribution in [0.15, 0.2) is 12.2 Å². The maximum Gasteiger partial charge on any atom is 0.344 e. The molecule has 0 aromatic heterocycles. The lowest BCUT2D eigenvalue weighted by molar-refractivity contribution is -0.167. The first-order valence-corrected chi connectivity index (χ1v) is 10.6. The summed E-state index contributed by atoms with van der Waals surface area (Å²) in [5, 5.41) is 2.11. The highest BCUT2D eigenvalue weighted by atomic mass is 32.2. The molecule has 0 rings (SSSR count). The number of carbonyl (C=O) groups excluding carboxylic acids is 4. The smallest absolute Gasteiger partial charge is 0.344 e. The van der Waals surface area contributed by atoms with Gasteiger partial charge < -0.3 is 19.5 Å². The van der Waals surface area contributed by atoms with Crippen molar-refractivity contribution in [1.29, 1.82) is 0 Å². The van der Waals surface area contributed by atoms with Gasteiger partial charge in [0.2, 0.25) is 11.9 Å². The number of ether oxygens (including phenoxy) is 3. The van der Waals surface area contributed by atoms with E-state index in [1.54, 1.807) is 0 Å². The second-order valence-electron chi connectivity index (χ2n) is 5.78. The minimum atomic E-state index is -4.03. The molecule has 0 saturated heterocycles. The highest BCUT2D eigenvalue weighted by Crippen LogP contribution is 2.24. The SMILES string of the molecule is C=C(CC(OS(C)(=O)=O)C(=O)OCC)CC(NC=O)(C(=O)OCC)C(=O)OCC. The maximum absolute atomic E-state index is 12.5. The number of esters is 3. The van der Waals surface area contributed by atoms with E-state index in [4.69, 9.17) is 18.4 Å². The van der Waals surface area contributed by atoms with E-state index in [1.807, 2.05) is 0 Å². The van der Waals surface area contributed by atoms with Crippen LogP contribution in [-0.2, 0) is 47.7 Å². The minimum absolute atomic E-state index is 0.0298. The summed E-state index contributed by atoms with van der Waals surface area (Å²) in [7, 11) is -4.03. The fourth-order valence-corrected chi connectivity index (χ4v) is 2.89. The zero-order valence-corrected chi connectivity index (χ0v) is 17.7. The molecular weight excluding hydrogens is 410 g/mol. The van der Waals surface area contributed by atoms with Gasteiger partial charge in [-0.15, -0.1) is 0 Å². The van der Waals surface area contributed by atoms with Crippen LogP contribution in [0.4, 0.5) is 0 Å².